The van der Waals surface area contributed by atoms with Gasteiger partial charge in [-0.25, -0.2) is 4.98 Å². The van der Waals surface area contributed by atoms with Crippen LogP contribution in [0.25, 0.3) is 28.5 Å². The Bertz CT molecular complexity index is 1330. The van der Waals surface area contributed by atoms with Gasteiger partial charge in [0.1, 0.15) is 22.9 Å². The molecule has 6 heteroatoms. The van der Waals surface area contributed by atoms with Crippen molar-refractivity contribution < 1.29 is 18.7 Å². The molecule has 0 saturated heterocycles. The monoisotopic (exact) mass is 408 g/mol. The van der Waals surface area contributed by atoms with Crippen LogP contribution in [0.15, 0.2) is 99.4 Å². The van der Waals surface area contributed by atoms with Crippen LogP contribution >= 0.6 is 0 Å². The number of carbonyl (C=O) groups excluding carboxylic acids is 1. The van der Waals surface area contributed by atoms with Crippen molar-refractivity contribution in [1.29, 1.82) is 5.26 Å². The fourth-order valence-electron chi connectivity index (χ4n) is 2.89. The molecule has 0 aliphatic carbocycles. The van der Waals surface area contributed by atoms with Crippen LogP contribution in [0.5, 0.6) is 5.95 Å². The minimum atomic E-state index is -0.492. The van der Waals surface area contributed by atoms with Gasteiger partial charge in [0.15, 0.2) is 5.76 Å². The van der Waals surface area contributed by atoms with E-state index < -0.39 is 5.78 Å². The predicted octanol–water partition coefficient (Wildman–Crippen LogP) is 5.70. The van der Waals surface area contributed by atoms with Gasteiger partial charge in [0.05, 0.1) is 0 Å². The van der Waals surface area contributed by atoms with Gasteiger partial charge >= 0.3 is 5.95 Å². The molecular formula is C25H16N2O4. The highest BCUT2D eigenvalue weighted by molar-refractivity contribution is 6.11. The van der Waals surface area contributed by atoms with Crippen LogP contribution in [-0.2, 0) is 0 Å². The quantitative estimate of drug-likeness (QED) is 0.190. The molecule has 2 aromatic heterocycles. The first kappa shape index (κ1) is 19.7. The van der Waals surface area contributed by atoms with E-state index in [1.807, 2.05) is 54.6 Å². The first-order chi connectivity index (χ1) is 15.2. The molecular weight excluding hydrogens is 392 g/mol. The van der Waals surface area contributed by atoms with E-state index in [1.54, 1.807) is 36.4 Å². The van der Waals surface area contributed by atoms with E-state index >= 15 is 0 Å². The van der Waals surface area contributed by atoms with Crippen molar-refractivity contribution >= 4 is 22.8 Å². The van der Waals surface area contributed by atoms with Crippen molar-refractivity contribution in [2.45, 2.75) is 0 Å². The minimum absolute atomic E-state index is 0.0562. The number of hydrogen-bond acceptors (Lipinski definition) is 6. The van der Waals surface area contributed by atoms with Gasteiger partial charge in [0.2, 0.25) is 11.7 Å². The Labute approximate surface area is 177 Å². The van der Waals surface area contributed by atoms with Gasteiger partial charge in [0, 0.05) is 10.9 Å². The van der Waals surface area contributed by atoms with Crippen molar-refractivity contribution in [3.63, 3.8) is 0 Å². The zero-order chi connectivity index (χ0) is 21.6. The average molecular weight is 408 g/mol. The molecule has 4 rings (SSSR count). The molecule has 0 amide bonds. The third-order valence-electron chi connectivity index (χ3n) is 4.41. The molecule has 0 spiro atoms. The van der Waals surface area contributed by atoms with Gasteiger partial charge in [-0.15, -0.1) is 0 Å². The SMILES string of the molecule is N#C\C(=C/C=C/C=C/c1nc(-c2ccccc2)oc1O)C(=O)c1cc2ccccc2o1. The lowest BCUT2D eigenvalue weighted by Gasteiger charge is -1.92. The minimum Gasteiger partial charge on any atom is -0.479 e. The Morgan fingerprint density at radius 3 is 2.55 bits per heavy atom. The van der Waals surface area contributed by atoms with Gasteiger partial charge in [-0.1, -0.05) is 54.6 Å². The summed E-state index contributed by atoms with van der Waals surface area (Å²) in [7, 11) is 0. The van der Waals surface area contributed by atoms with E-state index in [9.17, 15) is 15.2 Å². The lowest BCUT2D eigenvalue weighted by Crippen LogP contribution is -1.99. The van der Waals surface area contributed by atoms with Gasteiger partial charge in [0.25, 0.3) is 0 Å². The second-order valence-corrected chi connectivity index (χ2v) is 6.49. The molecule has 0 unspecified atom stereocenters. The number of para-hydroxylation sites is 1. The van der Waals surface area contributed by atoms with E-state index in [0.717, 1.165) is 10.9 Å². The van der Waals surface area contributed by atoms with Crippen LogP contribution in [0, 0.1) is 11.3 Å². The number of allylic oxidation sites excluding steroid dienone is 5. The number of oxazole rings is 1. The molecule has 31 heavy (non-hydrogen) atoms. The second kappa shape index (κ2) is 8.80. The zero-order valence-corrected chi connectivity index (χ0v) is 16.2. The van der Waals surface area contributed by atoms with Crippen LogP contribution in [0.2, 0.25) is 0 Å². The molecule has 2 heterocycles. The second-order valence-electron chi connectivity index (χ2n) is 6.49. The van der Waals surface area contributed by atoms with E-state index in [0.29, 0.717) is 11.5 Å². The number of aromatic nitrogens is 1. The van der Waals surface area contributed by atoms with E-state index in [4.69, 9.17) is 8.83 Å². The van der Waals surface area contributed by atoms with Crippen molar-refractivity contribution in [2.24, 2.45) is 0 Å². The summed E-state index contributed by atoms with van der Waals surface area (Å²) in [6.45, 7) is 0. The van der Waals surface area contributed by atoms with E-state index in [2.05, 4.69) is 4.98 Å². The average Bonchev–Trinajstić information content (AvgIpc) is 3.40. The number of ketones is 1. The number of nitriles is 1. The van der Waals surface area contributed by atoms with Crippen molar-refractivity contribution in [3.8, 4) is 23.5 Å². The Morgan fingerprint density at radius 2 is 1.77 bits per heavy atom. The standard InChI is InChI=1S/C25H16N2O4/c26-16-19(23(28)22-15-18-11-7-8-14-21(18)30-22)12-5-2-6-13-20-25(29)31-24(27-20)17-9-3-1-4-10-17/h1-15,29H/b5-2+,13-6+,19-12+. The van der Waals surface area contributed by atoms with Gasteiger partial charge in [-0.3, -0.25) is 4.79 Å². The summed E-state index contributed by atoms with van der Waals surface area (Å²) in [6.07, 6.45) is 7.73. The van der Waals surface area contributed by atoms with Gasteiger partial charge in [-0.2, -0.15) is 5.26 Å². The normalized spacial score (nSPS) is 12.0. The molecule has 2 aromatic carbocycles. The number of aromatic hydroxyl groups is 1. The maximum Gasteiger partial charge on any atom is 0.310 e. The molecule has 0 saturated carbocycles. The topological polar surface area (TPSA) is 100 Å². The predicted molar refractivity (Wildman–Crippen MR) is 116 cm³/mol. The van der Waals surface area contributed by atoms with E-state index in [1.165, 1.54) is 6.08 Å². The maximum atomic E-state index is 12.5. The zero-order valence-electron chi connectivity index (χ0n) is 16.2. The molecule has 0 fully saturated rings. The van der Waals surface area contributed by atoms with Crippen LogP contribution in [0.1, 0.15) is 16.2 Å². The lowest BCUT2D eigenvalue weighted by molar-refractivity contribution is 0.101. The van der Waals surface area contributed by atoms with E-state index in [-0.39, 0.29) is 23.0 Å². The summed E-state index contributed by atoms with van der Waals surface area (Å²) >= 11 is 0. The third-order valence-corrected chi connectivity index (χ3v) is 4.41. The third kappa shape index (κ3) is 4.36. The summed E-state index contributed by atoms with van der Waals surface area (Å²) in [5.41, 5.74) is 1.55. The molecule has 0 radical (unpaired) electrons. The number of hydrogen-bond donors (Lipinski definition) is 1. The first-order valence-corrected chi connectivity index (χ1v) is 9.39. The number of rotatable bonds is 6. The first-order valence-electron chi connectivity index (χ1n) is 9.39. The van der Waals surface area contributed by atoms with Crippen LogP contribution < -0.4 is 0 Å². The highest BCUT2D eigenvalue weighted by atomic mass is 16.5. The summed E-state index contributed by atoms with van der Waals surface area (Å²) in [5.74, 6) is -0.366. The summed E-state index contributed by atoms with van der Waals surface area (Å²) in [6, 6.07) is 20.0. The molecule has 0 aliphatic heterocycles. The van der Waals surface area contributed by atoms with Gasteiger partial charge < -0.3 is 13.9 Å². The van der Waals surface area contributed by atoms with Crippen LogP contribution in [0.3, 0.4) is 0 Å². The van der Waals surface area contributed by atoms with Gasteiger partial charge in [-0.05, 0) is 36.4 Å². The maximum absolute atomic E-state index is 12.5. The Morgan fingerprint density at radius 1 is 1.00 bits per heavy atom. The number of carbonyl (C=O) groups is 1. The number of nitrogens with zero attached hydrogens (tertiary/aromatic N) is 2. The Balaban J connectivity index is 1.46. The van der Waals surface area contributed by atoms with Crippen LogP contribution in [-0.4, -0.2) is 15.9 Å². The number of fused-ring (bicyclic) bond motifs is 1. The highest BCUT2D eigenvalue weighted by Gasteiger charge is 2.16. The van der Waals surface area contributed by atoms with Crippen molar-refractivity contribution in [1.82, 2.24) is 4.98 Å². The number of furan rings is 1. The smallest absolute Gasteiger partial charge is 0.310 e. The van der Waals surface area contributed by atoms with Crippen molar-refractivity contribution in [3.05, 3.63) is 102 Å². The molecule has 0 bridgehead atoms. The Kier molecular flexibility index (Phi) is 5.59. The highest BCUT2D eigenvalue weighted by Crippen LogP contribution is 2.27. The summed E-state index contributed by atoms with van der Waals surface area (Å²) < 4.78 is 10.8. The lowest BCUT2D eigenvalue weighted by atomic mass is 10.1. The molecule has 0 aliphatic rings. The number of benzene rings is 2. The fraction of sp³-hybridized carbons (Fsp3) is 0. The molecule has 6 nitrogen and oxygen atoms in total. The van der Waals surface area contributed by atoms with Crippen LogP contribution in [0.4, 0.5) is 0 Å². The molecule has 4 aromatic rings. The van der Waals surface area contributed by atoms with Crippen molar-refractivity contribution in [2.75, 3.05) is 0 Å². The number of Topliss-reactive ketones (excluding diaryl/α,β-unsaturated/α-hetero) is 1. The summed E-state index contributed by atoms with van der Waals surface area (Å²) in [5, 5.41) is 20.0. The molecule has 1 N–H and O–H groups in total. The molecule has 0 atom stereocenters. The molecule has 150 valence electrons. The fourth-order valence-corrected chi connectivity index (χ4v) is 2.89. The largest absolute Gasteiger partial charge is 0.479 e. The Hall–Kier alpha value is -4.63. The summed E-state index contributed by atoms with van der Waals surface area (Å²) in [4.78, 5) is 16.8.